The Labute approximate surface area is 162 Å². The summed E-state index contributed by atoms with van der Waals surface area (Å²) in [6.45, 7) is 0.391. The molecular formula is C17H18Cl2N2O4S. The van der Waals surface area contributed by atoms with Crippen LogP contribution in [-0.2, 0) is 21.2 Å². The van der Waals surface area contributed by atoms with Crippen LogP contribution in [0, 0.1) is 0 Å². The van der Waals surface area contributed by atoms with Crippen LogP contribution in [0.5, 0.6) is 0 Å². The van der Waals surface area contributed by atoms with E-state index < -0.39 is 9.84 Å². The molecule has 1 aliphatic heterocycles. The van der Waals surface area contributed by atoms with E-state index in [2.05, 4.69) is 5.32 Å². The summed E-state index contributed by atoms with van der Waals surface area (Å²) in [6.07, 6.45) is 2.05. The van der Waals surface area contributed by atoms with E-state index in [1.54, 1.807) is 36.6 Å². The van der Waals surface area contributed by atoms with Gasteiger partial charge in [-0.1, -0.05) is 23.2 Å². The van der Waals surface area contributed by atoms with Gasteiger partial charge >= 0.3 is 0 Å². The van der Waals surface area contributed by atoms with Crippen LogP contribution in [0.4, 0.5) is 5.69 Å². The highest BCUT2D eigenvalue weighted by molar-refractivity contribution is 7.91. The summed E-state index contributed by atoms with van der Waals surface area (Å²) in [7, 11) is -3.06. The van der Waals surface area contributed by atoms with Gasteiger partial charge in [-0.3, -0.25) is 9.69 Å². The van der Waals surface area contributed by atoms with Gasteiger partial charge in [-0.2, -0.15) is 0 Å². The fourth-order valence-electron chi connectivity index (χ4n) is 2.99. The molecule has 1 saturated heterocycles. The SMILES string of the molecule is O=C(CN(Cc1ccco1)[C@@H]1CCS(=O)(=O)C1)Nc1cc(Cl)cc(Cl)c1. The quantitative estimate of drug-likeness (QED) is 0.781. The van der Waals surface area contributed by atoms with Gasteiger partial charge in [-0.05, 0) is 36.8 Å². The van der Waals surface area contributed by atoms with Crippen LogP contribution in [0.25, 0.3) is 0 Å². The van der Waals surface area contributed by atoms with Gasteiger partial charge in [0.05, 0.1) is 30.9 Å². The summed E-state index contributed by atoms with van der Waals surface area (Å²) in [5.41, 5.74) is 0.490. The summed E-state index contributed by atoms with van der Waals surface area (Å²) in [6, 6.07) is 8.10. The number of nitrogens with zero attached hydrogens (tertiary/aromatic N) is 1. The lowest BCUT2D eigenvalue weighted by atomic mass is 10.2. The van der Waals surface area contributed by atoms with E-state index in [0.29, 0.717) is 34.5 Å². The number of hydrogen-bond acceptors (Lipinski definition) is 5. The summed E-state index contributed by atoms with van der Waals surface area (Å²) < 4.78 is 29.0. The molecular weight excluding hydrogens is 399 g/mol. The van der Waals surface area contributed by atoms with Gasteiger partial charge in [0.1, 0.15) is 5.76 Å². The van der Waals surface area contributed by atoms with Crippen LogP contribution < -0.4 is 5.32 Å². The molecule has 0 saturated carbocycles. The molecule has 0 spiro atoms. The Kier molecular flexibility index (Phi) is 5.92. The molecule has 26 heavy (non-hydrogen) atoms. The van der Waals surface area contributed by atoms with Gasteiger partial charge in [0, 0.05) is 21.8 Å². The van der Waals surface area contributed by atoms with Crippen LogP contribution in [-0.4, -0.2) is 43.3 Å². The molecule has 140 valence electrons. The average Bonchev–Trinajstić information content (AvgIpc) is 3.14. The first-order valence-corrected chi connectivity index (χ1v) is 10.6. The summed E-state index contributed by atoms with van der Waals surface area (Å²) >= 11 is 11.9. The Morgan fingerprint density at radius 2 is 2.00 bits per heavy atom. The van der Waals surface area contributed by atoms with Gasteiger partial charge in [0.25, 0.3) is 0 Å². The number of amides is 1. The predicted molar refractivity (Wildman–Crippen MR) is 101 cm³/mol. The highest BCUT2D eigenvalue weighted by Crippen LogP contribution is 2.23. The van der Waals surface area contributed by atoms with E-state index in [0.717, 1.165) is 0 Å². The first kappa shape index (κ1) is 19.2. The second kappa shape index (κ2) is 8.00. The number of sulfone groups is 1. The van der Waals surface area contributed by atoms with Gasteiger partial charge in [-0.25, -0.2) is 8.42 Å². The van der Waals surface area contributed by atoms with Crippen molar-refractivity contribution in [3.8, 4) is 0 Å². The lowest BCUT2D eigenvalue weighted by molar-refractivity contribution is -0.118. The molecule has 0 bridgehead atoms. The molecule has 6 nitrogen and oxygen atoms in total. The van der Waals surface area contributed by atoms with Crippen molar-refractivity contribution in [2.24, 2.45) is 0 Å². The molecule has 9 heteroatoms. The molecule has 1 aromatic heterocycles. The van der Waals surface area contributed by atoms with Gasteiger partial charge in [-0.15, -0.1) is 0 Å². The van der Waals surface area contributed by atoms with Crippen molar-refractivity contribution < 1.29 is 17.6 Å². The number of nitrogens with one attached hydrogen (secondary N) is 1. The predicted octanol–water partition coefficient (Wildman–Crippen LogP) is 3.21. The number of carbonyl (C=O) groups excluding carboxylic acids is 1. The third-order valence-electron chi connectivity index (χ3n) is 4.16. The zero-order valence-electron chi connectivity index (χ0n) is 13.8. The minimum atomic E-state index is -3.06. The van der Waals surface area contributed by atoms with E-state index in [1.165, 1.54) is 0 Å². The molecule has 1 aromatic carbocycles. The smallest absolute Gasteiger partial charge is 0.238 e. The zero-order chi connectivity index (χ0) is 18.7. The molecule has 0 radical (unpaired) electrons. The molecule has 3 rings (SSSR count). The van der Waals surface area contributed by atoms with Crippen molar-refractivity contribution in [3.05, 3.63) is 52.4 Å². The first-order chi connectivity index (χ1) is 12.3. The van der Waals surface area contributed by atoms with E-state index in [1.807, 2.05) is 4.90 Å². The molecule has 1 N–H and O–H groups in total. The third-order valence-corrected chi connectivity index (χ3v) is 6.34. The second-order valence-corrected chi connectivity index (χ2v) is 9.35. The standard InChI is InChI=1S/C17H18Cl2N2O4S/c18-12-6-13(19)8-14(7-12)20-17(22)10-21(9-16-2-1-4-25-16)15-3-5-26(23,24)11-15/h1-2,4,6-8,15H,3,5,9-11H2,(H,20,22)/t15-/m1/s1. The molecule has 0 unspecified atom stereocenters. The van der Waals surface area contributed by atoms with E-state index in [-0.39, 0.29) is 30.0 Å². The number of hydrogen-bond donors (Lipinski definition) is 1. The van der Waals surface area contributed by atoms with Crippen molar-refractivity contribution in [1.82, 2.24) is 4.90 Å². The normalized spacial score (nSPS) is 19.0. The lowest BCUT2D eigenvalue weighted by Gasteiger charge is -2.26. The highest BCUT2D eigenvalue weighted by Gasteiger charge is 2.33. The minimum Gasteiger partial charge on any atom is -0.468 e. The average molecular weight is 417 g/mol. The van der Waals surface area contributed by atoms with Gasteiger partial charge < -0.3 is 9.73 Å². The number of halogens is 2. The van der Waals surface area contributed by atoms with Crippen molar-refractivity contribution in [3.63, 3.8) is 0 Å². The van der Waals surface area contributed by atoms with Crippen molar-refractivity contribution >= 4 is 44.6 Å². The maximum absolute atomic E-state index is 12.5. The van der Waals surface area contributed by atoms with Crippen LogP contribution in [0.1, 0.15) is 12.2 Å². The Morgan fingerprint density at radius 3 is 2.58 bits per heavy atom. The summed E-state index contributed by atoms with van der Waals surface area (Å²) in [5.74, 6) is 0.578. The fraction of sp³-hybridized carbons (Fsp3) is 0.353. The molecule has 1 aliphatic rings. The Bertz CT molecular complexity index is 864. The fourth-order valence-corrected chi connectivity index (χ4v) is 5.28. The van der Waals surface area contributed by atoms with E-state index in [4.69, 9.17) is 27.6 Å². The molecule has 1 atom stereocenters. The molecule has 1 amide bonds. The van der Waals surface area contributed by atoms with Crippen molar-refractivity contribution in [2.45, 2.75) is 19.0 Å². The Balaban J connectivity index is 1.71. The van der Waals surface area contributed by atoms with Gasteiger partial charge in [0.2, 0.25) is 5.91 Å². The molecule has 0 aliphatic carbocycles. The first-order valence-electron chi connectivity index (χ1n) is 8.03. The largest absolute Gasteiger partial charge is 0.468 e. The zero-order valence-corrected chi connectivity index (χ0v) is 16.1. The molecule has 1 fully saturated rings. The van der Waals surface area contributed by atoms with E-state index >= 15 is 0 Å². The lowest BCUT2D eigenvalue weighted by Crippen LogP contribution is -2.41. The van der Waals surface area contributed by atoms with Crippen molar-refractivity contribution in [1.29, 1.82) is 0 Å². The summed E-state index contributed by atoms with van der Waals surface area (Å²) in [5, 5.41) is 3.59. The van der Waals surface area contributed by atoms with Crippen LogP contribution in [0.15, 0.2) is 41.0 Å². The number of rotatable bonds is 6. The maximum atomic E-state index is 12.5. The van der Waals surface area contributed by atoms with Crippen LogP contribution in [0.3, 0.4) is 0 Å². The van der Waals surface area contributed by atoms with E-state index in [9.17, 15) is 13.2 Å². The molecule has 2 aromatic rings. The number of benzene rings is 1. The molecule has 2 heterocycles. The van der Waals surface area contributed by atoms with Gasteiger partial charge in [0.15, 0.2) is 9.84 Å². The monoisotopic (exact) mass is 416 g/mol. The maximum Gasteiger partial charge on any atom is 0.238 e. The third kappa shape index (κ3) is 5.23. The minimum absolute atomic E-state index is 0.0328. The number of carbonyl (C=O) groups is 1. The second-order valence-electron chi connectivity index (χ2n) is 6.25. The van der Waals surface area contributed by atoms with Crippen LogP contribution in [0.2, 0.25) is 10.0 Å². The Hall–Kier alpha value is -1.54. The topological polar surface area (TPSA) is 79.6 Å². The number of furan rings is 1. The summed E-state index contributed by atoms with van der Waals surface area (Å²) in [4.78, 5) is 14.3. The van der Waals surface area contributed by atoms with Crippen LogP contribution >= 0.6 is 23.2 Å². The number of anilines is 1. The Morgan fingerprint density at radius 1 is 1.27 bits per heavy atom. The van der Waals surface area contributed by atoms with Crippen molar-refractivity contribution in [2.75, 3.05) is 23.4 Å². The highest BCUT2D eigenvalue weighted by atomic mass is 35.5.